The normalized spacial score (nSPS) is 14.0. The van der Waals surface area contributed by atoms with E-state index in [0.717, 1.165) is 4.68 Å². The fourth-order valence-electron chi connectivity index (χ4n) is 3.26. The number of anilines is 1. The van der Waals surface area contributed by atoms with Crippen molar-refractivity contribution >= 4 is 34.4 Å². The molecule has 1 aliphatic rings. The first kappa shape index (κ1) is 20.2. The van der Waals surface area contributed by atoms with Crippen LogP contribution in [0.2, 0.25) is 0 Å². The number of hydroxylamine groups is 2. The molecule has 1 aromatic heterocycles. The molecule has 3 aromatic rings. The Labute approximate surface area is 175 Å². The highest BCUT2D eigenvalue weighted by Gasteiger charge is 2.36. The molecule has 0 fully saturated rings. The lowest BCUT2D eigenvalue weighted by Crippen LogP contribution is -2.34. The lowest BCUT2D eigenvalue weighted by Gasteiger charge is -2.16. The zero-order valence-corrected chi connectivity index (χ0v) is 16.4. The molecule has 2 aromatic carbocycles. The number of carbonyl (C=O) groups is 3. The highest BCUT2D eigenvalue weighted by molar-refractivity contribution is 6.20. The smallest absolute Gasteiger partial charge is 0.325 e. The van der Waals surface area contributed by atoms with Crippen LogP contribution in [0.25, 0.3) is 10.8 Å². The number of carboxylic acids is 1. The molecule has 0 radical (unpaired) electrons. The molecule has 2 N–H and O–H groups in total. The third kappa shape index (κ3) is 3.64. The minimum absolute atomic E-state index is 0.0623. The number of carbonyl (C=O) groups excluding carboxylic acids is 2. The van der Waals surface area contributed by atoms with Gasteiger partial charge in [0, 0.05) is 5.39 Å². The van der Waals surface area contributed by atoms with E-state index in [0.29, 0.717) is 15.8 Å². The summed E-state index contributed by atoms with van der Waals surface area (Å²) >= 11 is 0. The monoisotopic (exact) mass is 422 g/mol. The number of nitrogens with one attached hydrogen (secondary N) is 1. The summed E-state index contributed by atoms with van der Waals surface area (Å²) in [7, 11) is 0. The van der Waals surface area contributed by atoms with Crippen LogP contribution in [0.5, 0.6) is 0 Å². The van der Waals surface area contributed by atoms with E-state index in [9.17, 15) is 24.3 Å². The van der Waals surface area contributed by atoms with Gasteiger partial charge in [0.15, 0.2) is 5.82 Å². The molecule has 1 aliphatic heterocycles. The van der Waals surface area contributed by atoms with Crippen LogP contribution in [0.15, 0.2) is 53.3 Å². The predicted molar refractivity (Wildman–Crippen MR) is 110 cm³/mol. The maximum Gasteiger partial charge on any atom is 0.325 e. The van der Waals surface area contributed by atoms with Crippen LogP contribution in [0.4, 0.5) is 5.82 Å². The lowest BCUT2D eigenvalue weighted by molar-refractivity contribution is -0.137. The van der Waals surface area contributed by atoms with Gasteiger partial charge in [-0.3, -0.25) is 24.0 Å². The third-order valence-corrected chi connectivity index (χ3v) is 4.87. The number of aromatic nitrogens is 2. The topological polar surface area (TPSA) is 131 Å². The van der Waals surface area contributed by atoms with Gasteiger partial charge in [-0.1, -0.05) is 30.3 Å². The molecule has 10 heteroatoms. The van der Waals surface area contributed by atoms with Crippen LogP contribution in [0.3, 0.4) is 0 Å². The largest absolute Gasteiger partial charge is 0.480 e. The molecule has 0 aliphatic carbocycles. The molecule has 1 atom stereocenters. The summed E-state index contributed by atoms with van der Waals surface area (Å²) in [5.74, 6) is -1.99. The maximum atomic E-state index is 12.8. The van der Waals surface area contributed by atoms with Crippen LogP contribution in [-0.4, -0.2) is 50.4 Å². The first-order chi connectivity index (χ1) is 14.9. The van der Waals surface area contributed by atoms with Gasteiger partial charge in [0.1, 0.15) is 6.04 Å². The highest BCUT2D eigenvalue weighted by atomic mass is 16.7. The molecule has 10 nitrogen and oxygen atoms in total. The Morgan fingerprint density at radius 1 is 1.03 bits per heavy atom. The molecule has 2 heterocycles. The lowest BCUT2D eigenvalue weighted by atomic mass is 10.1. The summed E-state index contributed by atoms with van der Waals surface area (Å²) < 4.78 is 1.11. The average Bonchev–Trinajstić information content (AvgIpc) is 3.01. The van der Waals surface area contributed by atoms with E-state index in [-0.39, 0.29) is 30.1 Å². The van der Waals surface area contributed by atoms with Gasteiger partial charge in [0.05, 0.1) is 29.7 Å². The van der Waals surface area contributed by atoms with Gasteiger partial charge in [-0.05, 0) is 25.1 Å². The van der Waals surface area contributed by atoms with Crippen molar-refractivity contribution in [1.82, 2.24) is 14.8 Å². The van der Waals surface area contributed by atoms with E-state index >= 15 is 0 Å². The number of nitrogens with zero attached hydrogens (tertiary/aromatic N) is 3. The number of carboxylic acid groups (broad SMARTS) is 1. The fraction of sp³-hybridized carbons (Fsp3) is 0.190. The number of imide groups is 1. The van der Waals surface area contributed by atoms with Crippen LogP contribution < -0.4 is 10.9 Å². The number of hydrogen-bond acceptors (Lipinski definition) is 7. The minimum atomic E-state index is -1.07. The van der Waals surface area contributed by atoms with Gasteiger partial charge in [0.25, 0.3) is 17.4 Å². The zero-order chi connectivity index (χ0) is 22.1. The second-order valence-electron chi connectivity index (χ2n) is 6.91. The van der Waals surface area contributed by atoms with Crippen molar-refractivity contribution < 1.29 is 24.3 Å². The molecule has 0 spiro atoms. The fourth-order valence-corrected chi connectivity index (χ4v) is 3.26. The molecule has 0 saturated carbocycles. The molecule has 31 heavy (non-hydrogen) atoms. The van der Waals surface area contributed by atoms with Crippen LogP contribution in [0, 0.1) is 0 Å². The Morgan fingerprint density at radius 3 is 2.23 bits per heavy atom. The van der Waals surface area contributed by atoms with Gasteiger partial charge in [0.2, 0.25) is 0 Å². The number of aliphatic carboxylic acids is 1. The Kier molecular flexibility index (Phi) is 5.22. The summed E-state index contributed by atoms with van der Waals surface area (Å²) in [6.45, 7) is 1.22. The van der Waals surface area contributed by atoms with Crippen LogP contribution in [0.1, 0.15) is 27.6 Å². The molecule has 2 amide bonds. The molecule has 4 rings (SSSR count). The summed E-state index contributed by atoms with van der Waals surface area (Å²) in [6.07, 6.45) is 0. The molecule has 1 unspecified atom stereocenters. The molecular formula is C21H18N4O6. The van der Waals surface area contributed by atoms with Gasteiger partial charge in [-0.15, -0.1) is 5.06 Å². The van der Waals surface area contributed by atoms with E-state index in [1.807, 2.05) is 0 Å². The summed E-state index contributed by atoms with van der Waals surface area (Å²) in [4.78, 5) is 54.1. The Morgan fingerprint density at radius 2 is 1.61 bits per heavy atom. The van der Waals surface area contributed by atoms with Crippen LogP contribution in [-0.2, 0) is 16.2 Å². The van der Waals surface area contributed by atoms with Crippen molar-refractivity contribution in [3.63, 3.8) is 0 Å². The Balaban J connectivity index is 1.56. The molecule has 158 valence electrons. The van der Waals surface area contributed by atoms with Crippen molar-refractivity contribution in [2.75, 3.05) is 11.9 Å². The van der Waals surface area contributed by atoms with E-state index < -0.39 is 29.4 Å². The van der Waals surface area contributed by atoms with Gasteiger partial charge in [-0.2, -0.15) is 5.10 Å². The number of amides is 2. The summed E-state index contributed by atoms with van der Waals surface area (Å²) in [6, 6.07) is 12.1. The summed E-state index contributed by atoms with van der Waals surface area (Å²) in [5, 5.41) is 17.7. The van der Waals surface area contributed by atoms with Crippen molar-refractivity contribution in [1.29, 1.82) is 0 Å². The van der Waals surface area contributed by atoms with Crippen molar-refractivity contribution in [2.24, 2.45) is 0 Å². The standard InChI is InChI=1S/C21H18N4O6/c1-12(21(29)30)22-17-13-6-2-3-7-14(13)18(26)24(23-17)10-11-31-25-19(27)15-8-4-5-9-16(15)20(25)28/h2-9,12H,10-11H2,1H3,(H,22,23)(H,29,30). The SMILES string of the molecule is CC(Nc1nn(CCON2C(=O)c3ccccc3C2=O)c(=O)c2ccccc12)C(=O)O. The van der Waals surface area contributed by atoms with Crippen molar-refractivity contribution in [2.45, 2.75) is 19.5 Å². The Bertz CT molecular complexity index is 1230. The van der Waals surface area contributed by atoms with Gasteiger partial charge < -0.3 is 10.4 Å². The molecular weight excluding hydrogens is 404 g/mol. The molecule has 0 bridgehead atoms. The van der Waals surface area contributed by atoms with E-state index in [2.05, 4.69) is 10.4 Å². The Hall–Kier alpha value is -4.05. The van der Waals surface area contributed by atoms with E-state index in [1.165, 1.54) is 19.1 Å². The predicted octanol–water partition coefficient (Wildman–Crippen LogP) is 1.51. The van der Waals surface area contributed by atoms with Gasteiger partial charge >= 0.3 is 5.97 Å². The maximum absolute atomic E-state index is 12.8. The van der Waals surface area contributed by atoms with Crippen molar-refractivity contribution in [3.8, 4) is 0 Å². The van der Waals surface area contributed by atoms with Crippen LogP contribution >= 0.6 is 0 Å². The highest BCUT2D eigenvalue weighted by Crippen LogP contribution is 2.23. The average molecular weight is 422 g/mol. The third-order valence-electron chi connectivity index (χ3n) is 4.87. The minimum Gasteiger partial charge on any atom is -0.480 e. The van der Waals surface area contributed by atoms with Gasteiger partial charge in [-0.25, -0.2) is 4.68 Å². The number of fused-ring (bicyclic) bond motifs is 2. The number of benzene rings is 2. The van der Waals surface area contributed by atoms with E-state index in [4.69, 9.17) is 4.84 Å². The zero-order valence-electron chi connectivity index (χ0n) is 16.4. The van der Waals surface area contributed by atoms with Crippen molar-refractivity contribution in [3.05, 3.63) is 70.0 Å². The summed E-state index contributed by atoms with van der Waals surface area (Å²) in [5.41, 5.74) is 0.0976. The first-order valence-electron chi connectivity index (χ1n) is 9.48. The second-order valence-corrected chi connectivity index (χ2v) is 6.91. The second kappa shape index (κ2) is 8.00. The quantitative estimate of drug-likeness (QED) is 0.548. The van der Waals surface area contributed by atoms with E-state index in [1.54, 1.807) is 36.4 Å². The number of hydrogen-bond donors (Lipinski definition) is 2. The number of rotatable bonds is 7. The first-order valence-corrected chi connectivity index (χ1v) is 9.48. The molecule has 0 saturated heterocycles.